The fourth-order valence-corrected chi connectivity index (χ4v) is 4.96. The van der Waals surface area contributed by atoms with Crippen LogP contribution in [-0.2, 0) is 9.53 Å². The van der Waals surface area contributed by atoms with E-state index in [1.54, 1.807) is 11.3 Å². The summed E-state index contributed by atoms with van der Waals surface area (Å²) in [5, 5.41) is 1.15. The van der Waals surface area contributed by atoms with E-state index >= 15 is 0 Å². The zero-order chi connectivity index (χ0) is 15.6. The minimum atomic E-state index is 0.0995. The predicted octanol–water partition coefficient (Wildman–Crippen LogP) is 3.43. The molecule has 23 heavy (non-hydrogen) atoms. The van der Waals surface area contributed by atoms with Crippen LogP contribution in [-0.4, -0.2) is 42.1 Å². The molecule has 4 nitrogen and oxygen atoms in total. The summed E-state index contributed by atoms with van der Waals surface area (Å²) in [6.45, 7) is 2.82. The first kappa shape index (κ1) is 15.1. The maximum Gasteiger partial charge on any atom is 0.226 e. The molecule has 1 aromatic carbocycles. The summed E-state index contributed by atoms with van der Waals surface area (Å²) in [4.78, 5) is 19.8. The number of ether oxygens (including phenoxy) is 1. The Balaban J connectivity index is 1.60. The lowest BCUT2D eigenvalue weighted by molar-refractivity contribution is -0.141. The van der Waals surface area contributed by atoms with Gasteiger partial charge in [0, 0.05) is 24.9 Å². The monoisotopic (exact) mass is 330 g/mol. The van der Waals surface area contributed by atoms with Crippen molar-refractivity contribution in [1.29, 1.82) is 0 Å². The number of rotatable bonds is 2. The average Bonchev–Trinajstić information content (AvgIpc) is 3.06. The number of fused-ring (bicyclic) bond motifs is 1. The van der Waals surface area contributed by atoms with Gasteiger partial charge in [0.15, 0.2) is 0 Å². The van der Waals surface area contributed by atoms with Gasteiger partial charge in [-0.25, -0.2) is 4.98 Å². The minimum absolute atomic E-state index is 0.0995. The van der Waals surface area contributed by atoms with Gasteiger partial charge in [0.2, 0.25) is 5.91 Å². The van der Waals surface area contributed by atoms with Crippen LogP contribution in [0.3, 0.4) is 0 Å². The maximum atomic E-state index is 13.0. The molecule has 0 radical (unpaired) electrons. The Labute approximate surface area is 140 Å². The molecule has 1 aliphatic carbocycles. The number of hydrogen-bond donors (Lipinski definition) is 0. The third-order valence-electron chi connectivity index (χ3n) is 5.03. The summed E-state index contributed by atoms with van der Waals surface area (Å²) >= 11 is 1.77. The number of nitrogens with zero attached hydrogens (tertiary/aromatic N) is 2. The smallest absolute Gasteiger partial charge is 0.226 e. The summed E-state index contributed by atoms with van der Waals surface area (Å²) in [5.74, 6) is 0.705. The third-order valence-corrected chi connectivity index (χ3v) is 6.20. The highest BCUT2D eigenvalue weighted by Gasteiger charge is 2.36. The SMILES string of the molecule is O=C([C@@H]1CCCC[C@@H]1c1nc2ccccc2s1)N1CCOCC1. The predicted molar refractivity (Wildman–Crippen MR) is 91.7 cm³/mol. The molecule has 1 aromatic heterocycles. The summed E-state index contributed by atoms with van der Waals surface area (Å²) in [7, 11) is 0. The van der Waals surface area contributed by atoms with Gasteiger partial charge in [-0.15, -0.1) is 11.3 Å². The molecular weight excluding hydrogens is 308 g/mol. The highest BCUT2D eigenvalue weighted by atomic mass is 32.1. The molecule has 1 saturated carbocycles. The normalized spacial score (nSPS) is 25.7. The van der Waals surface area contributed by atoms with Crippen molar-refractivity contribution in [2.24, 2.45) is 5.92 Å². The first-order chi connectivity index (χ1) is 11.3. The van der Waals surface area contributed by atoms with E-state index in [0.717, 1.165) is 42.9 Å². The van der Waals surface area contributed by atoms with Crippen molar-refractivity contribution in [3.05, 3.63) is 29.3 Å². The zero-order valence-electron chi connectivity index (χ0n) is 13.2. The number of aromatic nitrogens is 1. The van der Waals surface area contributed by atoms with Gasteiger partial charge in [0.05, 0.1) is 28.4 Å². The van der Waals surface area contributed by atoms with Crippen LogP contribution in [0.4, 0.5) is 0 Å². The Kier molecular flexibility index (Phi) is 4.31. The zero-order valence-corrected chi connectivity index (χ0v) is 14.1. The van der Waals surface area contributed by atoms with Gasteiger partial charge >= 0.3 is 0 Å². The van der Waals surface area contributed by atoms with Crippen molar-refractivity contribution in [2.45, 2.75) is 31.6 Å². The van der Waals surface area contributed by atoms with Gasteiger partial charge in [-0.1, -0.05) is 25.0 Å². The first-order valence-electron chi connectivity index (χ1n) is 8.55. The summed E-state index contributed by atoms with van der Waals surface area (Å²) < 4.78 is 6.61. The summed E-state index contributed by atoms with van der Waals surface area (Å²) in [6.07, 6.45) is 4.44. The first-order valence-corrected chi connectivity index (χ1v) is 9.36. The molecule has 5 heteroatoms. The Morgan fingerprint density at radius 1 is 1.17 bits per heavy atom. The van der Waals surface area contributed by atoms with E-state index in [2.05, 4.69) is 18.2 Å². The van der Waals surface area contributed by atoms with Crippen LogP contribution in [0.5, 0.6) is 0 Å². The van der Waals surface area contributed by atoms with Crippen molar-refractivity contribution in [2.75, 3.05) is 26.3 Å². The van der Waals surface area contributed by atoms with E-state index < -0.39 is 0 Å². The van der Waals surface area contributed by atoms with Crippen LogP contribution in [0.1, 0.15) is 36.6 Å². The van der Waals surface area contributed by atoms with Crippen molar-refractivity contribution in [3.63, 3.8) is 0 Å². The molecule has 1 amide bonds. The van der Waals surface area contributed by atoms with E-state index in [1.165, 1.54) is 11.1 Å². The quantitative estimate of drug-likeness (QED) is 0.847. The van der Waals surface area contributed by atoms with Gasteiger partial charge < -0.3 is 9.64 Å². The second-order valence-electron chi connectivity index (χ2n) is 6.45. The molecule has 122 valence electrons. The summed E-state index contributed by atoms with van der Waals surface area (Å²) in [5.41, 5.74) is 1.07. The number of thiazole rings is 1. The molecule has 2 aliphatic rings. The molecule has 2 fully saturated rings. The second kappa shape index (κ2) is 6.57. The van der Waals surface area contributed by atoms with Crippen molar-refractivity contribution < 1.29 is 9.53 Å². The van der Waals surface area contributed by atoms with Crippen molar-refractivity contribution in [1.82, 2.24) is 9.88 Å². The molecule has 2 aromatic rings. The highest BCUT2D eigenvalue weighted by Crippen LogP contribution is 2.41. The van der Waals surface area contributed by atoms with Gasteiger partial charge in [0.1, 0.15) is 0 Å². The fourth-order valence-electron chi connectivity index (χ4n) is 3.79. The van der Waals surface area contributed by atoms with Crippen LogP contribution in [0.25, 0.3) is 10.2 Å². The molecule has 1 saturated heterocycles. The largest absolute Gasteiger partial charge is 0.378 e. The molecule has 2 heterocycles. The number of benzene rings is 1. The Morgan fingerprint density at radius 2 is 1.96 bits per heavy atom. The molecule has 1 aliphatic heterocycles. The van der Waals surface area contributed by atoms with Crippen molar-refractivity contribution >= 4 is 27.5 Å². The number of amides is 1. The number of morpholine rings is 1. The molecule has 4 rings (SSSR count). The van der Waals surface area contributed by atoms with Crippen LogP contribution in [0.15, 0.2) is 24.3 Å². The van der Waals surface area contributed by atoms with Crippen LogP contribution in [0.2, 0.25) is 0 Å². The molecular formula is C18H22N2O2S. The Bertz CT molecular complexity index is 660. The Hall–Kier alpha value is -1.46. The average molecular weight is 330 g/mol. The molecule has 0 unspecified atom stereocenters. The van der Waals surface area contributed by atoms with Crippen molar-refractivity contribution in [3.8, 4) is 0 Å². The maximum absolute atomic E-state index is 13.0. The van der Waals surface area contributed by atoms with E-state index in [0.29, 0.717) is 19.1 Å². The van der Waals surface area contributed by atoms with Gasteiger partial charge in [0.25, 0.3) is 0 Å². The van der Waals surface area contributed by atoms with E-state index in [1.807, 2.05) is 11.0 Å². The standard InChI is InChI=1S/C18H22N2O2S/c21-18(20-9-11-22-12-10-20)14-6-2-1-5-13(14)17-19-15-7-3-4-8-16(15)23-17/h3-4,7-8,13-14H,1-2,5-6,9-12H2/t13-,14+/m0/s1. The Morgan fingerprint density at radius 3 is 2.78 bits per heavy atom. The van der Waals surface area contributed by atoms with E-state index in [-0.39, 0.29) is 11.8 Å². The fraction of sp³-hybridized carbons (Fsp3) is 0.556. The van der Waals surface area contributed by atoms with Crippen LogP contribution in [0, 0.1) is 5.92 Å². The van der Waals surface area contributed by atoms with Gasteiger partial charge in [-0.3, -0.25) is 4.79 Å². The lowest BCUT2D eigenvalue weighted by Crippen LogP contribution is -2.45. The van der Waals surface area contributed by atoms with Gasteiger partial charge in [-0.2, -0.15) is 0 Å². The number of para-hydroxylation sites is 1. The number of hydrogen-bond acceptors (Lipinski definition) is 4. The molecule has 2 atom stereocenters. The van der Waals surface area contributed by atoms with E-state index in [4.69, 9.17) is 9.72 Å². The second-order valence-corrected chi connectivity index (χ2v) is 7.52. The topological polar surface area (TPSA) is 42.4 Å². The molecule has 0 spiro atoms. The van der Waals surface area contributed by atoms with E-state index in [9.17, 15) is 4.79 Å². The van der Waals surface area contributed by atoms with Gasteiger partial charge in [-0.05, 0) is 25.0 Å². The molecule has 0 bridgehead atoms. The van der Waals surface area contributed by atoms with Crippen LogP contribution < -0.4 is 0 Å². The highest BCUT2D eigenvalue weighted by molar-refractivity contribution is 7.18. The number of carbonyl (C=O) groups is 1. The van der Waals surface area contributed by atoms with Crippen LogP contribution >= 0.6 is 11.3 Å². The summed E-state index contributed by atoms with van der Waals surface area (Å²) in [6, 6.07) is 8.28. The minimum Gasteiger partial charge on any atom is -0.378 e. The lowest BCUT2D eigenvalue weighted by Gasteiger charge is -2.35. The lowest BCUT2D eigenvalue weighted by atomic mass is 9.78. The third kappa shape index (κ3) is 3.00. The number of carbonyl (C=O) groups excluding carboxylic acids is 1. The molecule has 0 N–H and O–H groups in total.